The SMILES string of the molecule is COC(=O)CSc1nnc(NC(=O)c2ccc(CN(c3cccc(Cl)c3Cl)S(C)(=O)=O)cc2)s1. The Hall–Kier alpha value is -2.38. The normalized spacial score (nSPS) is 11.2. The van der Waals surface area contributed by atoms with Crippen molar-refractivity contribution in [3.8, 4) is 0 Å². The number of hydrogen-bond donors (Lipinski definition) is 1. The predicted octanol–water partition coefficient (Wildman–Crippen LogP) is 4.33. The summed E-state index contributed by atoms with van der Waals surface area (Å²) in [6, 6.07) is 11.2. The summed E-state index contributed by atoms with van der Waals surface area (Å²) in [5.74, 6) is -0.714. The molecule has 1 amide bonds. The number of nitrogens with one attached hydrogen (secondary N) is 1. The first kappa shape index (κ1) is 26.2. The zero-order valence-corrected chi connectivity index (χ0v) is 21.8. The van der Waals surface area contributed by atoms with Crippen LogP contribution in [-0.2, 0) is 26.1 Å². The minimum absolute atomic E-state index is 0.00201. The van der Waals surface area contributed by atoms with Crippen LogP contribution in [0.15, 0.2) is 46.8 Å². The van der Waals surface area contributed by atoms with E-state index in [4.69, 9.17) is 23.2 Å². The summed E-state index contributed by atoms with van der Waals surface area (Å²) in [5, 5.41) is 11.1. The molecule has 2 aromatic carbocycles. The lowest BCUT2D eigenvalue weighted by Gasteiger charge is -2.24. The largest absolute Gasteiger partial charge is 0.468 e. The van der Waals surface area contributed by atoms with E-state index in [1.54, 1.807) is 42.5 Å². The van der Waals surface area contributed by atoms with Crippen LogP contribution in [0.5, 0.6) is 0 Å². The number of rotatable bonds is 9. The van der Waals surface area contributed by atoms with E-state index in [0.29, 0.717) is 15.5 Å². The van der Waals surface area contributed by atoms with Crippen LogP contribution in [0.25, 0.3) is 0 Å². The maximum absolute atomic E-state index is 12.5. The summed E-state index contributed by atoms with van der Waals surface area (Å²) >= 11 is 14.5. The number of anilines is 2. The number of carbonyl (C=O) groups is 2. The summed E-state index contributed by atoms with van der Waals surface area (Å²) < 4.78 is 31.0. The number of halogens is 2. The molecule has 0 radical (unpaired) electrons. The van der Waals surface area contributed by atoms with Crippen LogP contribution in [0.4, 0.5) is 10.8 Å². The van der Waals surface area contributed by atoms with Gasteiger partial charge in [0.05, 0.1) is 41.4 Å². The van der Waals surface area contributed by atoms with Gasteiger partial charge in [-0.15, -0.1) is 10.2 Å². The van der Waals surface area contributed by atoms with Crippen LogP contribution < -0.4 is 9.62 Å². The summed E-state index contributed by atoms with van der Waals surface area (Å²) in [4.78, 5) is 23.8. The first-order valence-corrected chi connectivity index (χ1v) is 13.8. The van der Waals surface area contributed by atoms with Gasteiger partial charge in [-0.1, -0.05) is 64.5 Å². The number of sulfonamides is 1. The van der Waals surface area contributed by atoms with Gasteiger partial charge < -0.3 is 4.74 Å². The number of benzene rings is 2. The molecule has 14 heteroatoms. The zero-order chi connectivity index (χ0) is 24.9. The van der Waals surface area contributed by atoms with E-state index < -0.39 is 21.9 Å². The highest BCUT2D eigenvalue weighted by Gasteiger charge is 2.22. The summed E-state index contributed by atoms with van der Waals surface area (Å²) in [5.41, 5.74) is 1.24. The van der Waals surface area contributed by atoms with Crippen LogP contribution in [0.3, 0.4) is 0 Å². The minimum atomic E-state index is -3.67. The lowest BCUT2D eigenvalue weighted by Crippen LogP contribution is -2.29. The van der Waals surface area contributed by atoms with E-state index in [9.17, 15) is 18.0 Å². The van der Waals surface area contributed by atoms with E-state index in [1.807, 2.05) is 0 Å². The molecule has 3 rings (SSSR count). The number of nitrogens with zero attached hydrogens (tertiary/aromatic N) is 3. The molecule has 1 aromatic heterocycles. The molecule has 0 saturated carbocycles. The van der Waals surface area contributed by atoms with E-state index in [0.717, 1.165) is 33.7 Å². The second kappa shape index (κ2) is 11.4. The van der Waals surface area contributed by atoms with Crippen molar-refractivity contribution in [1.29, 1.82) is 0 Å². The van der Waals surface area contributed by atoms with Gasteiger partial charge in [-0.3, -0.25) is 19.2 Å². The second-order valence-corrected chi connectivity index (χ2v) is 11.6. The molecule has 1 N–H and O–H groups in total. The van der Waals surface area contributed by atoms with Crippen molar-refractivity contribution in [3.05, 3.63) is 63.6 Å². The van der Waals surface area contributed by atoms with Crippen LogP contribution in [0, 0.1) is 0 Å². The smallest absolute Gasteiger partial charge is 0.316 e. The van der Waals surface area contributed by atoms with E-state index >= 15 is 0 Å². The van der Waals surface area contributed by atoms with Crippen molar-refractivity contribution >= 4 is 79.0 Å². The van der Waals surface area contributed by atoms with Crippen molar-refractivity contribution in [2.75, 3.05) is 28.7 Å². The van der Waals surface area contributed by atoms with Crippen LogP contribution in [-0.4, -0.2) is 49.6 Å². The summed E-state index contributed by atoms with van der Waals surface area (Å²) in [6.45, 7) is -0.00201. The number of carbonyl (C=O) groups excluding carboxylic acids is 2. The monoisotopic (exact) mass is 560 g/mol. The number of amides is 1. The molecule has 0 saturated heterocycles. The number of hydrogen-bond acceptors (Lipinski definition) is 9. The topological polar surface area (TPSA) is 119 Å². The molecular formula is C20H18Cl2N4O5S3. The van der Waals surface area contributed by atoms with Crippen molar-refractivity contribution < 1.29 is 22.7 Å². The van der Waals surface area contributed by atoms with Gasteiger partial charge in [0, 0.05) is 5.56 Å². The molecule has 0 fully saturated rings. The lowest BCUT2D eigenvalue weighted by molar-refractivity contribution is -0.137. The highest BCUT2D eigenvalue weighted by molar-refractivity contribution is 8.01. The molecule has 0 bridgehead atoms. The first-order chi connectivity index (χ1) is 16.1. The number of aromatic nitrogens is 2. The molecule has 0 atom stereocenters. The fraction of sp³-hybridized carbons (Fsp3) is 0.200. The third-order valence-corrected chi connectivity index (χ3v) is 8.19. The number of thioether (sulfide) groups is 1. The molecule has 0 unspecified atom stereocenters. The predicted molar refractivity (Wildman–Crippen MR) is 135 cm³/mol. The molecular weight excluding hydrogens is 543 g/mol. The highest BCUT2D eigenvalue weighted by Crippen LogP contribution is 2.34. The molecule has 9 nitrogen and oxygen atoms in total. The Morgan fingerprint density at radius 1 is 1.15 bits per heavy atom. The van der Waals surface area contributed by atoms with Gasteiger partial charge in [0.25, 0.3) is 5.91 Å². The van der Waals surface area contributed by atoms with E-state index in [-0.39, 0.29) is 33.2 Å². The Bertz CT molecular complexity index is 1300. The van der Waals surface area contributed by atoms with E-state index in [2.05, 4.69) is 20.3 Å². The van der Waals surface area contributed by atoms with Crippen molar-refractivity contribution in [2.24, 2.45) is 0 Å². The molecule has 3 aromatic rings. The van der Waals surface area contributed by atoms with Crippen molar-refractivity contribution in [1.82, 2.24) is 10.2 Å². The average molecular weight is 561 g/mol. The molecule has 0 aliphatic rings. The maximum atomic E-state index is 12.5. The van der Waals surface area contributed by atoms with Gasteiger partial charge in [0.1, 0.15) is 0 Å². The fourth-order valence-electron chi connectivity index (χ4n) is 2.66. The molecule has 0 aliphatic heterocycles. The second-order valence-electron chi connectivity index (χ2n) is 6.73. The summed E-state index contributed by atoms with van der Waals surface area (Å²) in [7, 11) is -2.37. The Morgan fingerprint density at radius 2 is 1.85 bits per heavy atom. The zero-order valence-electron chi connectivity index (χ0n) is 17.8. The fourth-order valence-corrected chi connectivity index (χ4v) is 5.58. The molecule has 1 heterocycles. The average Bonchev–Trinajstić information content (AvgIpc) is 3.24. The number of ether oxygens (including phenoxy) is 1. The van der Waals surface area contributed by atoms with E-state index in [1.165, 1.54) is 7.11 Å². The first-order valence-electron chi connectivity index (χ1n) is 9.43. The Balaban J connectivity index is 1.69. The molecule has 34 heavy (non-hydrogen) atoms. The Kier molecular flexibility index (Phi) is 8.77. The standard InChI is InChI=1S/C20H18Cl2N4O5S3/c1-31-16(27)11-32-20-25-24-19(33-20)23-18(28)13-8-6-12(7-9-13)10-26(34(2,29)30)15-5-3-4-14(21)17(15)22/h3-9H,10-11H2,1-2H3,(H,23,24,28). The highest BCUT2D eigenvalue weighted by atomic mass is 35.5. The quantitative estimate of drug-likeness (QED) is 0.233. The molecule has 0 spiro atoms. The number of esters is 1. The van der Waals surface area contributed by atoms with Gasteiger partial charge in [0.15, 0.2) is 4.34 Å². The van der Waals surface area contributed by atoms with Crippen LogP contribution >= 0.6 is 46.3 Å². The Labute approximate surface area is 214 Å². The van der Waals surface area contributed by atoms with Gasteiger partial charge in [-0.05, 0) is 29.8 Å². The third kappa shape index (κ3) is 6.83. The lowest BCUT2D eigenvalue weighted by atomic mass is 10.1. The van der Waals surface area contributed by atoms with Crippen molar-refractivity contribution in [3.63, 3.8) is 0 Å². The van der Waals surface area contributed by atoms with Crippen LogP contribution in [0.1, 0.15) is 15.9 Å². The number of methoxy groups -OCH3 is 1. The Morgan fingerprint density at radius 3 is 2.50 bits per heavy atom. The van der Waals surface area contributed by atoms with Gasteiger partial charge in [0.2, 0.25) is 15.2 Å². The van der Waals surface area contributed by atoms with Gasteiger partial charge in [-0.2, -0.15) is 0 Å². The molecule has 0 aliphatic carbocycles. The van der Waals surface area contributed by atoms with Gasteiger partial charge in [-0.25, -0.2) is 8.42 Å². The minimum Gasteiger partial charge on any atom is -0.468 e. The van der Waals surface area contributed by atoms with Gasteiger partial charge >= 0.3 is 5.97 Å². The molecule has 180 valence electrons. The van der Waals surface area contributed by atoms with Crippen LogP contribution in [0.2, 0.25) is 10.0 Å². The maximum Gasteiger partial charge on any atom is 0.316 e. The van der Waals surface area contributed by atoms with Crippen molar-refractivity contribution in [2.45, 2.75) is 10.9 Å². The summed E-state index contributed by atoms with van der Waals surface area (Å²) in [6.07, 6.45) is 1.08. The third-order valence-electron chi connectivity index (χ3n) is 4.31.